The lowest BCUT2D eigenvalue weighted by Crippen LogP contribution is -2.04. The fraction of sp³-hybridized carbons (Fsp3) is 0.188. The molecule has 0 spiro atoms. The number of benzene rings is 1. The van der Waals surface area contributed by atoms with Gasteiger partial charge in [-0.3, -0.25) is 0 Å². The molecule has 0 saturated heterocycles. The van der Waals surface area contributed by atoms with Gasteiger partial charge < -0.3 is 4.57 Å². The van der Waals surface area contributed by atoms with Crippen LogP contribution in [0.25, 0.3) is 11.0 Å². The molecule has 3 aromatic rings. The lowest BCUT2D eigenvalue weighted by Gasteiger charge is -2.08. The van der Waals surface area contributed by atoms with Crippen LogP contribution >= 0.6 is 0 Å². The second-order valence-corrected chi connectivity index (χ2v) is 4.62. The average Bonchev–Trinajstić information content (AvgIpc) is 2.85. The Labute approximate surface area is 117 Å². The fourth-order valence-corrected chi connectivity index (χ4v) is 2.39. The minimum atomic E-state index is 0.449. The zero-order chi connectivity index (χ0) is 13.9. The van der Waals surface area contributed by atoms with Crippen LogP contribution in [0.2, 0.25) is 0 Å². The van der Waals surface area contributed by atoms with Crippen LogP contribution in [-0.2, 0) is 13.0 Å². The molecule has 3 rings (SSSR count). The van der Waals surface area contributed by atoms with Crippen molar-refractivity contribution in [2.24, 2.45) is 0 Å². The van der Waals surface area contributed by atoms with E-state index in [9.17, 15) is 0 Å². The first-order valence-corrected chi connectivity index (χ1v) is 6.61. The molecule has 0 bridgehead atoms. The summed E-state index contributed by atoms with van der Waals surface area (Å²) in [6, 6.07) is 14.0. The van der Waals surface area contributed by atoms with E-state index >= 15 is 0 Å². The summed E-state index contributed by atoms with van der Waals surface area (Å²) in [5.74, 6) is 1.06. The fourth-order valence-electron chi connectivity index (χ4n) is 2.39. The van der Waals surface area contributed by atoms with E-state index in [1.165, 1.54) is 0 Å². The van der Waals surface area contributed by atoms with Crippen molar-refractivity contribution in [3.05, 3.63) is 59.7 Å². The zero-order valence-corrected chi connectivity index (χ0v) is 11.2. The van der Waals surface area contributed by atoms with Crippen molar-refractivity contribution in [1.82, 2.24) is 14.5 Å². The number of imidazole rings is 1. The monoisotopic (exact) mass is 262 g/mol. The van der Waals surface area contributed by atoms with Gasteiger partial charge in [-0.05, 0) is 29.8 Å². The Morgan fingerprint density at radius 3 is 2.90 bits per heavy atom. The molecule has 0 radical (unpaired) electrons. The van der Waals surface area contributed by atoms with Gasteiger partial charge in [-0.15, -0.1) is 0 Å². The van der Waals surface area contributed by atoms with Gasteiger partial charge in [0.25, 0.3) is 0 Å². The largest absolute Gasteiger partial charge is 0.323 e. The molecule has 0 aliphatic carbocycles. The number of aromatic nitrogens is 3. The van der Waals surface area contributed by atoms with E-state index in [4.69, 9.17) is 5.26 Å². The summed E-state index contributed by atoms with van der Waals surface area (Å²) in [6.45, 7) is 2.81. The number of fused-ring (bicyclic) bond motifs is 1. The van der Waals surface area contributed by atoms with E-state index in [0.717, 1.165) is 28.8 Å². The number of hydrogen-bond acceptors (Lipinski definition) is 3. The summed E-state index contributed by atoms with van der Waals surface area (Å²) in [7, 11) is 0. The molecule has 0 saturated carbocycles. The van der Waals surface area contributed by atoms with Crippen LogP contribution < -0.4 is 0 Å². The lowest BCUT2D eigenvalue weighted by molar-refractivity contribution is 0.752. The summed E-state index contributed by atoms with van der Waals surface area (Å²) in [6.07, 6.45) is 2.56. The van der Waals surface area contributed by atoms with E-state index < -0.39 is 0 Å². The maximum Gasteiger partial charge on any atom is 0.140 e. The van der Waals surface area contributed by atoms with E-state index in [0.29, 0.717) is 12.2 Å². The number of rotatable bonds is 3. The normalized spacial score (nSPS) is 10.6. The van der Waals surface area contributed by atoms with Gasteiger partial charge in [-0.1, -0.05) is 19.1 Å². The smallest absolute Gasteiger partial charge is 0.140 e. The van der Waals surface area contributed by atoms with Crippen LogP contribution in [0.4, 0.5) is 0 Å². The van der Waals surface area contributed by atoms with Gasteiger partial charge >= 0.3 is 0 Å². The first kappa shape index (κ1) is 12.4. The Morgan fingerprint density at radius 2 is 2.10 bits per heavy atom. The van der Waals surface area contributed by atoms with Gasteiger partial charge in [0.2, 0.25) is 0 Å². The van der Waals surface area contributed by atoms with Gasteiger partial charge in [0, 0.05) is 19.2 Å². The number of nitriles is 1. The topological polar surface area (TPSA) is 54.5 Å². The highest BCUT2D eigenvalue weighted by Crippen LogP contribution is 2.18. The first-order chi connectivity index (χ1) is 9.81. The number of para-hydroxylation sites is 2. The van der Waals surface area contributed by atoms with Gasteiger partial charge in [0.15, 0.2) is 0 Å². The summed E-state index contributed by atoms with van der Waals surface area (Å²) in [5.41, 5.74) is 3.65. The standard InChI is InChI=1S/C16H14N4/c1-2-16-19-14-5-3-4-6-15(14)20(16)11-12-7-8-18-13(9-12)10-17/h3-9H,2,11H2,1H3. The van der Waals surface area contributed by atoms with Crippen LogP contribution in [0.15, 0.2) is 42.6 Å². The van der Waals surface area contributed by atoms with Gasteiger partial charge in [0.1, 0.15) is 17.6 Å². The molecule has 2 heterocycles. The quantitative estimate of drug-likeness (QED) is 0.729. The number of pyridine rings is 1. The lowest BCUT2D eigenvalue weighted by atomic mass is 10.2. The molecule has 0 amide bonds. The van der Waals surface area contributed by atoms with E-state index in [1.54, 1.807) is 6.20 Å². The molecular weight excluding hydrogens is 248 g/mol. The maximum absolute atomic E-state index is 8.93. The van der Waals surface area contributed by atoms with E-state index in [2.05, 4.69) is 33.6 Å². The molecule has 2 aromatic heterocycles. The van der Waals surface area contributed by atoms with Crippen molar-refractivity contribution in [2.45, 2.75) is 19.9 Å². The summed E-state index contributed by atoms with van der Waals surface area (Å²) in [5, 5.41) is 8.93. The second kappa shape index (κ2) is 5.14. The molecule has 0 fully saturated rings. The first-order valence-electron chi connectivity index (χ1n) is 6.61. The molecule has 0 unspecified atom stereocenters. The Kier molecular flexibility index (Phi) is 3.18. The van der Waals surface area contributed by atoms with Crippen molar-refractivity contribution in [3.63, 3.8) is 0 Å². The molecule has 0 aliphatic heterocycles. The Hall–Kier alpha value is -2.67. The van der Waals surface area contributed by atoms with Crippen molar-refractivity contribution in [2.75, 3.05) is 0 Å². The third-order valence-electron chi connectivity index (χ3n) is 3.33. The predicted octanol–water partition coefficient (Wildman–Crippen LogP) is 2.91. The van der Waals surface area contributed by atoms with Crippen molar-refractivity contribution in [1.29, 1.82) is 5.26 Å². The van der Waals surface area contributed by atoms with Crippen molar-refractivity contribution in [3.8, 4) is 6.07 Å². The molecular formula is C16H14N4. The zero-order valence-electron chi connectivity index (χ0n) is 11.2. The van der Waals surface area contributed by atoms with Gasteiger partial charge in [-0.25, -0.2) is 9.97 Å². The molecule has 0 aliphatic rings. The highest BCUT2D eigenvalue weighted by atomic mass is 15.1. The van der Waals surface area contributed by atoms with Crippen LogP contribution in [0, 0.1) is 11.3 Å². The third-order valence-corrected chi connectivity index (χ3v) is 3.33. The Bertz CT molecular complexity index is 796. The van der Waals surface area contributed by atoms with E-state index in [1.807, 2.05) is 30.3 Å². The highest BCUT2D eigenvalue weighted by molar-refractivity contribution is 5.76. The number of aryl methyl sites for hydroxylation is 1. The molecule has 0 atom stereocenters. The Morgan fingerprint density at radius 1 is 1.25 bits per heavy atom. The van der Waals surface area contributed by atoms with Crippen molar-refractivity contribution >= 4 is 11.0 Å². The average molecular weight is 262 g/mol. The maximum atomic E-state index is 8.93. The van der Waals surface area contributed by atoms with Crippen LogP contribution in [-0.4, -0.2) is 14.5 Å². The number of nitrogens with zero attached hydrogens (tertiary/aromatic N) is 4. The SMILES string of the molecule is CCc1nc2ccccc2n1Cc1ccnc(C#N)c1. The summed E-state index contributed by atoms with van der Waals surface area (Å²) < 4.78 is 2.20. The summed E-state index contributed by atoms with van der Waals surface area (Å²) in [4.78, 5) is 8.66. The minimum absolute atomic E-state index is 0.449. The van der Waals surface area contributed by atoms with Crippen LogP contribution in [0.1, 0.15) is 24.0 Å². The summed E-state index contributed by atoms with van der Waals surface area (Å²) >= 11 is 0. The highest BCUT2D eigenvalue weighted by Gasteiger charge is 2.09. The second-order valence-electron chi connectivity index (χ2n) is 4.62. The van der Waals surface area contributed by atoms with Crippen molar-refractivity contribution < 1.29 is 0 Å². The van der Waals surface area contributed by atoms with E-state index in [-0.39, 0.29) is 0 Å². The minimum Gasteiger partial charge on any atom is -0.323 e. The van der Waals surface area contributed by atoms with Crippen LogP contribution in [0.5, 0.6) is 0 Å². The molecule has 1 aromatic carbocycles. The van der Waals surface area contributed by atoms with Crippen LogP contribution in [0.3, 0.4) is 0 Å². The molecule has 20 heavy (non-hydrogen) atoms. The van der Waals surface area contributed by atoms with Gasteiger partial charge in [-0.2, -0.15) is 5.26 Å². The third kappa shape index (κ3) is 2.14. The predicted molar refractivity (Wildman–Crippen MR) is 77.2 cm³/mol. The molecule has 0 N–H and O–H groups in total. The van der Waals surface area contributed by atoms with Gasteiger partial charge in [0.05, 0.1) is 11.0 Å². The molecule has 98 valence electrons. The molecule has 4 heteroatoms. The number of hydrogen-bond donors (Lipinski definition) is 0. The Balaban J connectivity index is 2.07. The molecule has 4 nitrogen and oxygen atoms in total.